The number of aliphatic hydroxyl groups is 1. The highest BCUT2D eigenvalue weighted by Crippen LogP contribution is 2.26. The topological polar surface area (TPSA) is 62.7 Å². The van der Waals surface area contributed by atoms with Crippen LogP contribution in [-0.4, -0.2) is 45.4 Å². The van der Waals surface area contributed by atoms with E-state index in [1.54, 1.807) is 0 Å². The van der Waals surface area contributed by atoms with Gasteiger partial charge in [-0.05, 0) is 38.8 Å². The fraction of sp³-hybridized carbons (Fsp3) is 0.625. The van der Waals surface area contributed by atoms with Gasteiger partial charge in [-0.25, -0.2) is 4.79 Å². The van der Waals surface area contributed by atoms with Crippen LogP contribution in [0.2, 0.25) is 0 Å². The molecule has 1 aliphatic heterocycles. The second kappa shape index (κ2) is 5.64. The molecule has 0 unspecified atom stereocenters. The number of amides is 1. The summed E-state index contributed by atoms with van der Waals surface area (Å²) in [6.07, 6.45) is 2.87. The number of aromatic nitrogens is 1. The highest BCUT2D eigenvalue weighted by molar-refractivity contribution is 5.69. The Labute approximate surface area is 125 Å². The normalized spacial score (nSPS) is 17.3. The third-order valence-electron chi connectivity index (χ3n) is 3.43. The Balaban J connectivity index is 1.87. The van der Waals surface area contributed by atoms with E-state index in [2.05, 4.69) is 11.9 Å². The van der Waals surface area contributed by atoms with Crippen molar-refractivity contribution in [2.45, 2.75) is 51.7 Å². The van der Waals surface area contributed by atoms with Gasteiger partial charge in [-0.15, -0.1) is 0 Å². The second-order valence-corrected chi connectivity index (χ2v) is 6.75. The molecule has 0 saturated carbocycles. The summed E-state index contributed by atoms with van der Waals surface area (Å²) in [5, 5.41) is 10.4. The molecule has 5 heteroatoms. The summed E-state index contributed by atoms with van der Waals surface area (Å²) in [5.41, 5.74) is 0.619. The van der Waals surface area contributed by atoms with Gasteiger partial charge in [-0.2, -0.15) is 0 Å². The Morgan fingerprint density at radius 1 is 1.43 bits per heavy atom. The largest absolute Gasteiger partial charge is 0.444 e. The third kappa shape index (κ3) is 4.17. The third-order valence-corrected chi connectivity index (χ3v) is 3.43. The lowest BCUT2D eigenvalue weighted by Crippen LogP contribution is -2.65. The maximum Gasteiger partial charge on any atom is 0.410 e. The van der Waals surface area contributed by atoms with Crippen LogP contribution in [0.4, 0.5) is 4.79 Å². The minimum absolute atomic E-state index is 0.291. The van der Waals surface area contributed by atoms with Crippen LogP contribution in [0.3, 0.4) is 0 Å². The van der Waals surface area contributed by atoms with Crippen molar-refractivity contribution in [3.63, 3.8) is 0 Å². The summed E-state index contributed by atoms with van der Waals surface area (Å²) in [5.74, 6) is 0. The number of nitrogens with zero attached hydrogens (tertiary/aromatic N) is 2. The number of β-amino-alcohol motifs (C(OH)–C–C–N with tert-alkyl or cyclic N) is 1. The van der Waals surface area contributed by atoms with E-state index < -0.39 is 11.2 Å². The number of hydrogen-bond donors (Lipinski definition) is 1. The Morgan fingerprint density at radius 3 is 2.57 bits per heavy atom. The first-order valence-electron chi connectivity index (χ1n) is 7.35. The summed E-state index contributed by atoms with van der Waals surface area (Å²) < 4.78 is 5.28. The van der Waals surface area contributed by atoms with E-state index in [1.807, 2.05) is 39.1 Å². The summed E-state index contributed by atoms with van der Waals surface area (Å²) >= 11 is 0. The maximum atomic E-state index is 11.8. The molecular weight excluding hydrogens is 268 g/mol. The summed E-state index contributed by atoms with van der Waals surface area (Å²) in [6.45, 7) is 8.15. The number of aryl methyl sites for hydroxylation is 1. The van der Waals surface area contributed by atoms with Crippen molar-refractivity contribution in [1.29, 1.82) is 0 Å². The van der Waals surface area contributed by atoms with Gasteiger partial charge >= 0.3 is 6.09 Å². The molecule has 1 aromatic heterocycles. The van der Waals surface area contributed by atoms with Crippen LogP contribution in [0.1, 0.15) is 39.0 Å². The van der Waals surface area contributed by atoms with Crippen molar-refractivity contribution in [2.24, 2.45) is 0 Å². The highest BCUT2D eigenvalue weighted by Gasteiger charge is 2.45. The van der Waals surface area contributed by atoms with Gasteiger partial charge in [-0.1, -0.05) is 13.0 Å². The standard InChI is InChI=1S/C16H24N2O3/c1-5-12-6-7-13(17-9-12)8-16(20)10-18(11-16)14(19)21-15(2,3)4/h6-7,9,20H,5,8,10-11H2,1-4H3. The molecule has 0 atom stereocenters. The number of ether oxygens (including phenoxy) is 1. The predicted octanol–water partition coefficient (Wildman–Crippen LogP) is 2.17. The van der Waals surface area contributed by atoms with E-state index in [1.165, 1.54) is 10.5 Å². The molecule has 0 radical (unpaired) electrons. The van der Waals surface area contributed by atoms with E-state index in [0.717, 1.165) is 12.1 Å². The number of likely N-dealkylation sites (tertiary alicyclic amines) is 1. The first kappa shape index (κ1) is 15.8. The monoisotopic (exact) mass is 292 g/mol. The fourth-order valence-corrected chi connectivity index (χ4v) is 2.34. The van der Waals surface area contributed by atoms with Crippen LogP contribution >= 0.6 is 0 Å². The lowest BCUT2D eigenvalue weighted by atomic mass is 9.89. The van der Waals surface area contributed by atoms with Gasteiger partial charge in [0.25, 0.3) is 0 Å². The van der Waals surface area contributed by atoms with Crippen molar-refractivity contribution >= 4 is 6.09 Å². The molecule has 1 saturated heterocycles. The van der Waals surface area contributed by atoms with Crippen LogP contribution in [-0.2, 0) is 17.6 Å². The van der Waals surface area contributed by atoms with Gasteiger partial charge in [0.2, 0.25) is 0 Å². The average Bonchev–Trinajstić information content (AvgIpc) is 2.34. The number of pyridine rings is 1. The van der Waals surface area contributed by atoms with E-state index in [0.29, 0.717) is 19.5 Å². The van der Waals surface area contributed by atoms with E-state index in [9.17, 15) is 9.90 Å². The number of carbonyl (C=O) groups excluding carboxylic acids is 1. The molecule has 1 amide bonds. The van der Waals surface area contributed by atoms with Crippen LogP contribution < -0.4 is 0 Å². The van der Waals surface area contributed by atoms with E-state index >= 15 is 0 Å². The molecule has 1 aliphatic rings. The molecule has 0 aromatic carbocycles. The van der Waals surface area contributed by atoms with Gasteiger partial charge in [0.15, 0.2) is 0 Å². The molecule has 2 rings (SSSR count). The van der Waals surface area contributed by atoms with E-state index in [-0.39, 0.29) is 6.09 Å². The summed E-state index contributed by atoms with van der Waals surface area (Å²) in [6, 6.07) is 3.96. The van der Waals surface area contributed by atoms with Crippen LogP contribution in [0.15, 0.2) is 18.3 Å². The Bertz CT molecular complexity index is 499. The molecule has 21 heavy (non-hydrogen) atoms. The molecule has 0 spiro atoms. The van der Waals surface area contributed by atoms with Crippen LogP contribution in [0, 0.1) is 0 Å². The first-order valence-corrected chi connectivity index (χ1v) is 7.35. The Kier molecular flexibility index (Phi) is 4.23. The zero-order valence-corrected chi connectivity index (χ0v) is 13.2. The molecule has 2 heterocycles. The molecule has 0 bridgehead atoms. The molecule has 1 aromatic rings. The maximum absolute atomic E-state index is 11.8. The zero-order valence-electron chi connectivity index (χ0n) is 13.2. The van der Waals surface area contributed by atoms with Crippen molar-refractivity contribution < 1.29 is 14.6 Å². The first-order chi connectivity index (χ1) is 9.71. The Morgan fingerprint density at radius 2 is 2.10 bits per heavy atom. The van der Waals surface area contributed by atoms with Gasteiger partial charge in [0.1, 0.15) is 11.2 Å². The van der Waals surface area contributed by atoms with Crippen molar-refractivity contribution in [3.05, 3.63) is 29.6 Å². The smallest absolute Gasteiger partial charge is 0.410 e. The Hall–Kier alpha value is -1.62. The minimum Gasteiger partial charge on any atom is -0.444 e. The zero-order chi connectivity index (χ0) is 15.7. The molecule has 5 nitrogen and oxygen atoms in total. The average molecular weight is 292 g/mol. The van der Waals surface area contributed by atoms with Gasteiger partial charge < -0.3 is 14.7 Å². The second-order valence-electron chi connectivity index (χ2n) is 6.75. The lowest BCUT2D eigenvalue weighted by Gasteiger charge is -2.46. The van der Waals surface area contributed by atoms with Gasteiger partial charge in [0, 0.05) is 18.3 Å². The molecule has 1 fully saturated rings. The van der Waals surface area contributed by atoms with E-state index in [4.69, 9.17) is 4.74 Å². The van der Waals surface area contributed by atoms with Crippen molar-refractivity contribution in [3.8, 4) is 0 Å². The van der Waals surface area contributed by atoms with Crippen molar-refractivity contribution in [1.82, 2.24) is 9.88 Å². The van der Waals surface area contributed by atoms with Gasteiger partial charge in [0.05, 0.1) is 13.1 Å². The summed E-state index contributed by atoms with van der Waals surface area (Å²) in [7, 11) is 0. The molecule has 1 N–H and O–H groups in total. The quantitative estimate of drug-likeness (QED) is 0.927. The molecule has 116 valence electrons. The predicted molar refractivity (Wildman–Crippen MR) is 80.1 cm³/mol. The van der Waals surface area contributed by atoms with Gasteiger partial charge in [-0.3, -0.25) is 4.98 Å². The number of carbonyl (C=O) groups is 1. The van der Waals surface area contributed by atoms with Crippen LogP contribution in [0.25, 0.3) is 0 Å². The lowest BCUT2D eigenvalue weighted by molar-refractivity contribution is -0.0978. The molecule has 0 aliphatic carbocycles. The SMILES string of the molecule is CCc1ccc(CC2(O)CN(C(=O)OC(C)(C)C)C2)nc1. The summed E-state index contributed by atoms with van der Waals surface area (Å²) in [4.78, 5) is 17.7. The fourth-order valence-electron chi connectivity index (χ4n) is 2.34. The highest BCUT2D eigenvalue weighted by atomic mass is 16.6. The minimum atomic E-state index is -0.891. The van der Waals surface area contributed by atoms with Crippen LogP contribution in [0.5, 0.6) is 0 Å². The molecular formula is C16H24N2O3. The van der Waals surface area contributed by atoms with Crippen molar-refractivity contribution in [2.75, 3.05) is 13.1 Å². The number of rotatable bonds is 3. The number of hydrogen-bond acceptors (Lipinski definition) is 4.